The van der Waals surface area contributed by atoms with Crippen LogP contribution in [-0.2, 0) is 0 Å². The van der Waals surface area contributed by atoms with Crippen molar-refractivity contribution in [2.24, 2.45) is 0 Å². The van der Waals surface area contributed by atoms with Crippen LogP contribution in [0.4, 0.5) is 5.82 Å². The third-order valence-electron chi connectivity index (χ3n) is 7.39. The Morgan fingerprint density at radius 3 is 2.38 bits per heavy atom. The Bertz CT molecular complexity index is 1320. The number of fused-ring (bicyclic) bond motifs is 2. The number of aryl methyl sites for hydroxylation is 1. The average Bonchev–Trinajstić information content (AvgIpc) is 2.78. The Kier molecular flexibility index (Phi) is 5.37. The van der Waals surface area contributed by atoms with Gasteiger partial charge in [-0.15, -0.1) is 5.10 Å². The van der Waals surface area contributed by atoms with Crippen LogP contribution in [0.25, 0.3) is 5.65 Å². The summed E-state index contributed by atoms with van der Waals surface area (Å²) in [5.41, 5.74) is 2.47. The molecule has 0 amide bonds. The van der Waals surface area contributed by atoms with E-state index in [1.807, 2.05) is 63.4 Å². The summed E-state index contributed by atoms with van der Waals surface area (Å²) in [5.74, 6) is 3.07. The van der Waals surface area contributed by atoms with Crippen molar-refractivity contribution in [3.8, 4) is 17.2 Å². The molecule has 3 aromatic rings. The van der Waals surface area contributed by atoms with Gasteiger partial charge in [-0.05, 0) is 26.0 Å². The van der Waals surface area contributed by atoms with E-state index in [1.54, 1.807) is 0 Å². The van der Waals surface area contributed by atoms with E-state index in [9.17, 15) is 4.79 Å². The van der Waals surface area contributed by atoms with Crippen LogP contribution in [-0.4, -0.2) is 76.0 Å². The van der Waals surface area contributed by atoms with Crippen LogP contribution in [0.5, 0.6) is 17.2 Å². The van der Waals surface area contributed by atoms with E-state index in [2.05, 4.69) is 15.0 Å². The molecule has 0 atom stereocenters. The lowest BCUT2D eigenvalue weighted by atomic mass is 9.41. The van der Waals surface area contributed by atoms with Gasteiger partial charge in [-0.1, -0.05) is 0 Å². The molecule has 2 aliphatic rings. The summed E-state index contributed by atoms with van der Waals surface area (Å²) in [4.78, 5) is 18.9. The Labute approximate surface area is 202 Å². The number of benzene rings is 1. The lowest BCUT2D eigenvalue weighted by Crippen LogP contribution is -2.65. The Morgan fingerprint density at radius 1 is 1.00 bits per heavy atom. The first-order valence-electron chi connectivity index (χ1n) is 11.8. The maximum absolute atomic E-state index is 12.3. The van der Waals surface area contributed by atoms with E-state index in [0.29, 0.717) is 11.4 Å². The van der Waals surface area contributed by atoms with E-state index in [4.69, 9.17) is 14.2 Å². The maximum atomic E-state index is 12.3. The molecule has 172 valence electrons. The standard InChI is InChI=1S/C22H28B4N4O4/c1-12-13(2)20(28-30-18(31)5-8-27-19(12)30)29-9-6-14(7-10-29)32-15-3-4-16-17(11-15)34-22(25,26)21(23,24)33-16/h3-5,8,11,14H,6-7,9-10,23-26H2,1-2H3. The van der Waals surface area contributed by atoms with Crippen molar-refractivity contribution in [1.29, 1.82) is 0 Å². The second-order valence-electron chi connectivity index (χ2n) is 10.2. The molecule has 1 aromatic carbocycles. The minimum Gasteiger partial charge on any atom is -0.499 e. The van der Waals surface area contributed by atoms with E-state index in [-0.39, 0.29) is 11.7 Å². The minimum absolute atomic E-state index is 0.0921. The zero-order valence-electron chi connectivity index (χ0n) is 20.7. The smallest absolute Gasteiger partial charge is 0.274 e. The van der Waals surface area contributed by atoms with E-state index in [1.165, 1.54) is 16.8 Å². The quantitative estimate of drug-likeness (QED) is 0.439. The van der Waals surface area contributed by atoms with Gasteiger partial charge in [0.05, 0.1) is 10.8 Å². The molecule has 34 heavy (non-hydrogen) atoms. The fourth-order valence-electron chi connectivity index (χ4n) is 4.46. The second-order valence-corrected chi connectivity index (χ2v) is 10.2. The summed E-state index contributed by atoms with van der Waals surface area (Å²) < 4.78 is 20.2. The molecule has 0 radical (unpaired) electrons. The van der Waals surface area contributed by atoms with Gasteiger partial charge in [0, 0.05) is 55.4 Å². The van der Waals surface area contributed by atoms with Crippen molar-refractivity contribution in [3.05, 3.63) is 51.9 Å². The molecule has 2 aromatic heterocycles. The van der Waals surface area contributed by atoms with E-state index >= 15 is 0 Å². The molecule has 12 heteroatoms. The number of hydrogen-bond donors (Lipinski definition) is 0. The largest absolute Gasteiger partial charge is 0.499 e. The fraction of sp³-hybridized carbons (Fsp3) is 0.409. The van der Waals surface area contributed by atoms with Gasteiger partial charge in [0.2, 0.25) is 0 Å². The number of nitrogens with zero attached hydrogens (tertiary/aromatic N) is 4. The number of rotatable bonds is 3. The highest BCUT2D eigenvalue weighted by molar-refractivity contribution is 6.53. The highest BCUT2D eigenvalue weighted by Gasteiger charge is 2.44. The molecule has 1 fully saturated rings. The Hall–Kier alpha value is -3.03. The maximum Gasteiger partial charge on any atom is 0.274 e. The van der Waals surface area contributed by atoms with Crippen molar-refractivity contribution in [2.75, 3.05) is 18.0 Å². The van der Waals surface area contributed by atoms with Crippen molar-refractivity contribution in [1.82, 2.24) is 14.6 Å². The Balaban J connectivity index is 1.30. The van der Waals surface area contributed by atoms with Crippen molar-refractivity contribution >= 4 is 42.9 Å². The van der Waals surface area contributed by atoms with Crippen LogP contribution in [0.2, 0.25) is 0 Å². The number of ether oxygens (including phenoxy) is 3. The van der Waals surface area contributed by atoms with Crippen LogP contribution >= 0.6 is 0 Å². The monoisotopic (exact) mass is 456 g/mol. The molecule has 2 aliphatic heterocycles. The SMILES string of the molecule is BC1(B)Oc2ccc(OC3CCN(c4nn5c(=O)ccnc5c(C)c4C)CC3)cc2OC1(B)B. The van der Waals surface area contributed by atoms with Gasteiger partial charge in [-0.3, -0.25) is 4.79 Å². The number of hydrogen-bond acceptors (Lipinski definition) is 7. The van der Waals surface area contributed by atoms with Crippen molar-refractivity contribution in [2.45, 2.75) is 43.6 Å². The van der Waals surface area contributed by atoms with Crippen LogP contribution in [0.1, 0.15) is 24.0 Å². The van der Waals surface area contributed by atoms with Crippen molar-refractivity contribution < 1.29 is 14.2 Å². The summed E-state index contributed by atoms with van der Waals surface area (Å²) in [7, 11) is 8.14. The van der Waals surface area contributed by atoms with Gasteiger partial charge >= 0.3 is 0 Å². The highest BCUT2D eigenvalue weighted by Crippen LogP contribution is 2.41. The first-order chi connectivity index (χ1) is 16.1. The molecule has 0 spiro atoms. The first-order valence-corrected chi connectivity index (χ1v) is 11.8. The molecule has 0 aliphatic carbocycles. The highest BCUT2D eigenvalue weighted by atomic mass is 16.6. The van der Waals surface area contributed by atoms with Crippen LogP contribution in [0.3, 0.4) is 0 Å². The third-order valence-corrected chi connectivity index (χ3v) is 7.39. The summed E-state index contributed by atoms with van der Waals surface area (Å²) in [6.45, 7) is 5.62. The molecule has 0 unspecified atom stereocenters. The normalized spacial score (nSPS) is 19.2. The van der Waals surface area contributed by atoms with E-state index in [0.717, 1.165) is 54.4 Å². The van der Waals surface area contributed by atoms with Crippen LogP contribution in [0.15, 0.2) is 35.3 Å². The van der Waals surface area contributed by atoms with Crippen LogP contribution in [0, 0.1) is 13.8 Å². The third kappa shape index (κ3) is 3.83. The zero-order chi connectivity index (χ0) is 24.3. The molecule has 8 nitrogen and oxygen atoms in total. The lowest BCUT2D eigenvalue weighted by Gasteiger charge is -2.47. The second kappa shape index (κ2) is 8.03. The van der Waals surface area contributed by atoms with E-state index < -0.39 is 10.8 Å². The van der Waals surface area contributed by atoms with Gasteiger partial charge in [-0.25, -0.2) is 4.98 Å². The molecule has 5 rings (SSSR count). The first kappa shape index (κ1) is 22.7. The predicted octanol–water partition coefficient (Wildman–Crippen LogP) is -1.63. The molecule has 0 saturated carbocycles. The van der Waals surface area contributed by atoms with Gasteiger partial charge < -0.3 is 19.1 Å². The average molecular weight is 456 g/mol. The van der Waals surface area contributed by atoms with Gasteiger partial charge in [-0.2, -0.15) is 4.52 Å². The summed E-state index contributed by atoms with van der Waals surface area (Å²) in [6, 6.07) is 7.24. The summed E-state index contributed by atoms with van der Waals surface area (Å²) >= 11 is 0. The van der Waals surface area contributed by atoms with Gasteiger partial charge in [0.25, 0.3) is 5.56 Å². The van der Waals surface area contributed by atoms with Gasteiger partial charge in [0.1, 0.15) is 43.2 Å². The zero-order valence-corrected chi connectivity index (χ0v) is 20.7. The molecule has 4 heterocycles. The number of aromatic nitrogens is 3. The molecule has 0 N–H and O–H groups in total. The summed E-state index contributed by atoms with van der Waals surface area (Å²) in [6.07, 6.45) is 3.34. The summed E-state index contributed by atoms with van der Waals surface area (Å²) in [5, 5.41) is 3.76. The molecular weight excluding hydrogens is 428 g/mol. The molecular formula is C22H28B4N4O4. The lowest BCUT2D eigenvalue weighted by molar-refractivity contribution is 0.0609. The topological polar surface area (TPSA) is 78.2 Å². The van der Waals surface area contributed by atoms with Gasteiger partial charge in [0.15, 0.2) is 23.0 Å². The molecule has 0 bridgehead atoms. The minimum atomic E-state index is -0.454. The predicted molar refractivity (Wildman–Crippen MR) is 142 cm³/mol. The molecule has 1 saturated heterocycles. The number of piperidine rings is 1. The number of anilines is 1. The fourth-order valence-corrected chi connectivity index (χ4v) is 4.46. The Morgan fingerprint density at radius 2 is 1.68 bits per heavy atom. The van der Waals surface area contributed by atoms with Crippen LogP contribution < -0.4 is 24.7 Å². The van der Waals surface area contributed by atoms with Crippen molar-refractivity contribution in [3.63, 3.8) is 0 Å².